The van der Waals surface area contributed by atoms with E-state index in [1.54, 1.807) is 36.4 Å². The molecular formula is C20H20N4OS2. The molecule has 0 amide bonds. The van der Waals surface area contributed by atoms with E-state index in [4.69, 9.17) is 0 Å². The highest BCUT2D eigenvalue weighted by atomic mass is 32.2. The Bertz CT molecular complexity index is 906. The molecule has 1 fully saturated rings. The van der Waals surface area contributed by atoms with Crippen molar-refractivity contribution in [2.45, 2.75) is 35.6 Å². The first-order valence-electron chi connectivity index (χ1n) is 8.91. The fourth-order valence-electron chi connectivity index (χ4n) is 3.24. The molecule has 27 heavy (non-hydrogen) atoms. The van der Waals surface area contributed by atoms with E-state index in [-0.39, 0.29) is 5.78 Å². The quantitative estimate of drug-likeness (QED) is 0.655. The summed E-state index contributed by atoms with van der Waals surface area (Å²) in [4.78, 5) is 27.7. The Morgan fingerprint density at radius 1 is 1.19 bits per heavy atom. The SMILES string of the molecule is C[C@@H]1CC[C@](Sc2ccccn2)(C(=O)c2ccsc2-c2ncccn2)CN1. The third kappa shape index (κ3) is 3.81. The Kier molecular flexibility index (Phi) is 5.33. The molecule has 0 saturated carbocycles. The first-order valence-corrected chi connectivity index (χ1v) is 10.6. The van der Waals surface area contributed by atoms with E-state index < -0.39 is 4.75 Å². The smallest absolute Gasteiger partial charge is 0.182 e. The van der Waals surface area contributed by atoms with Gasteiger partial charge in [0.2, 0.25) is 0 Å². The van der Waals surface area contributed by atoms with E-state index in [1.165, 1.54) is 11.3 Å². The van der Waals surface area contributed by atoms with E-state index in [9.17, 15) is 4.79 Å². The van der Waals surface area contributed by atoms with Gasteiger partial charge in [-0.2, -0.15) is 0 Å². The third-order valence-corrected chi connectivity index (χ3v) is 7.03. The predicted molar refractivity (Wildman–Crippen MR) is 109 cm³/mol. The topological polar surface area (TPSA) is 67.8 Å². The maximum atomic E-state index is 13.8. The number of aromatic nitrogens is 3. The monoisotopic (exact) mass is 396 g/mol. The number of hydrogen-bond acceptors (Lipinski definition) is 7. The molecule has 0 unspecified atom stereocenters. The van der Waals surface area contributed by atoms with Crippen molar-refractivity contribution in [1.29, 1.82) is 0 Å². The molecule has 3 aromatic heterocycles. The number of ketones is 1. The van der Waals surface area contributed by atoms with Crippen molar-refractivity contribution < 1.29 is 4.79 Å². The summed E-state index contributed by atoms with van der Waals surface area (Å²) < 4.78 is -0.578. The van der Waals surface area contributed by atoms with Gasteiger partial charge in [-0.1, -0.05) is 17.8 Å². The average Bonchev–Trinajstić information content (AvgIpc) is 3.20. The van der Waals surface area contributed by atoms with E-state index in [2.05, 4.69) is 27.2 Å². The lowest BCUT2D eigenvalue weighted by atomic mass is 9.87. The molecule has 138 valence electrons. The van der Waals surface area contributed by atoms with Crippen molar-refractivity contribution in [3.05, 3.63) is 59.9 Å². The number of nitrogens with one attached hydrogen (secondary N) is 1. The summed E-state index contributed by atoms with van der Waals surface area (Å²) in [5, 5.41) is 6.31. The van der Waals surface area contributed by atoms with Gasteiger partial charge in [0, 0.05) is 36.7 Å². The highest BCUT2D eigenvalue weighted by molar-refractivity contribution is 8.01. The molecule has 4 heterocycles. The molecule has 0 aliphatic carbocycles. The largest absolute Gasteiger partial charge is 0.312 e. The number of rotatable bonds is 5. The Morgan fingerprint density at radius 3 is 2.70 bits per heavy atom. The van der Waals surface area contributed by atoms with Crippen LogP contribution in [0.4, 0.5) is 0 Å². The van der Waals surface area contributed by atoms with Crippen LogP contribution in [0.1, 0.15) is 30.1 Å². The van der Waals surface area contributed by atoms with E-state index in [1.807, 2.05) is 29.6 Å². The maximum absolute atomic E-state index is 13.8. The summed E-state index contributed by atoms with van der Waals surface area (Å²) in [5.74, 6) is 0.729. The first kappa shape index (κ1) is 18.3. The van der Waals surface area contributed by atoms with Crippen molar-refractivity contribution in [3.8, 4) is 10.7 Å². The zero-order chi connectivity index (χ0) is 18.7. The van der Waals surface area contributed by atoms with Gasteiger partial charge in [-0.3, -0.25) is 4.79 Å². The number of piperidine rings is 1. The van der Waals surface area contributed by atoms with Gasteiger partial charge in [-0.15, -0.1) is 11.3 Å². The van der Waals surface area contributed by atoms with Gasteiger partial charge in [0.1, 0.15) is 0 Å². The van der Waals surface area contributed by atoms with Crippen molar-refractivity contribution >= 4 is 28.9 Å². The Morgan fingerprint density at radius 2 is 2.00 bits per heavy atom. The van der Waals surface area contributed by atoms with Crippen molar-refractivity contribution in [2.24, 2.45) is 0 Å². The van der Waals surface area contributed by atoms with Crippen LogP contribution in [0.25, 0.3) is 10.7 Å². The molecule has 5 nitrogen and oxygen atoms in total. The summed E-state index contributed by atoms with van der Waals surface area (Å²) in [7, 11) is 0. The molecule has 2 atom stereocenters. The summed E-state index contributed by atoms with van der Waals surface area (Å²) >= 11 is 3.07. The average molecular weight is 397 g/mol. The second-order valence-corrected chi connectivity index (χ2v) is 8.97. The minimum atomic E-state index is -0.578. The van der Waals surface area contributed by atoms with Gasteiger partial charge >= 0.3 is 0 Å². The third-order valence-electron chi connectivity index (χ3n) is 4.75. The highest BCUT2D eigenvalue weighted by Crippen LogP contribution is 2.42. The van der Waals surface area contributed by atoms with Crippen LogP contribution >= 0.6 is 23.1 Å². The van der Waals surface area contributed by atoms with E-state index in [0.717, 1.165) is 22.7 Å². The first-order chi connectivity index (χ1) is 13.2. The van der Waals surface area contributed by atoms with Crippen LogP contribution < -0.4 is 5.32 Å². The molecule has 1 aliphatic heterocycles. The Balaban J connectivity index is 1.71. The van der Waals surface area contributed by atoms with Crippen molar-refractivity contribution in [2.75, 3.05) is 6.54 Å². The number of pyridine rings is 1. The molecule has 0 radical (unpaired) electrons. The molecule has 0 aromatic carbocycles. The normalized spacial score (nSPS) is 22.5. The number of hydrogen-bond donors (Lipinski definition) is 1. The lowest BCUT2D eigenvalue weighted by Crippen LogP contribution is -2.52. The molecule has 0 spiro atoms. The highest BCUT2D eigenvalue weighted by Gasteiger charge is 2.44. The fraction of sp³-hybridized carbons (Fsp3) is 0.300. The van der Waals surface area contributed by atoms with Crippen molar-refractivity contribution in [3.63, 3.8) is 0 Å². The Labute approximate surface area is 166 Å². The number of thioether (sulfide) groups is 1. The van der Waals surface area contributed by atoms with Crippen molar-refractivity contribution in [1.82, 2.24) is 20.3 Å². The zero-order valence-corrected chi connectivity index (χ0v) is 16.6. The van der Waals surface area contributed by atoms with Crippen LogP contribution in [0, 0.1) is 0 Å². The number of thiophene rings is 1. The summed E-state index contributed by atoms with van der Waals surface area (Å²) in [6.45, 7) is 2.78. The summed E-state index contributed by atoms with van der Waals surface area (Å²) in [6, 6.07) is 9.91. The molecule has 1 aliphatic rings. The molecule has 7 heteroatoms. The van der Waals surface area contributed by atoms with Gasteiger partial charge in [0.05, 0.1) is 14.7 Å². The molecule has 0 bridgehead atoms. The van der Waals surface area contributed by atoms with Gasteiger partial charge in [-0.25, -0.2) is 15.0 Å². The summed E-state index contributed by atoms with van der Waals surface area (Å²) in [6.07, 6.45) is 6.95. The van der Waals surface area contributed by atoms with Crippen LogP contribution in [0.15, 0.2) is 59.3 Å². The molecule has 3 aromatic rings. The van der Waals surface area contributed by atoms with Gasteiger partial charge in [-0.05, 0) is 49.4 Å². The number of Topliss-reactive ketones (excluding diaryl/α,β-unsaturated/α-hetero) is 1. The van der Waals surface area contributed by atoms with Crippen LogP contribution in [0.3, 0.4) is 0 Å². The van der Waals surface area contributed by atoms with E-state index in [0.29, 0.717) is 24.0 Å². The maximum Gasteiger partial charge on any atom is 0.182 e. The summed E-state index contributed by atoms with van der Waals surface area (Å²) in [5.41, 5.74) is 0.700. The molecule has 1 saturated heterocycles. The van der Waals surface area contributed by atoms with Crippen LogP contribution in [-0.4, -0.2) is 38.1 Å². The number of nitrogens with zero attached hydrogens (tertiary/aromatic N) is 3. The Hall–Kier alpha value is -2.09. The second-order valence-electron chi connectivity index (χ2n) is 6.65. The lowest BCUT2D eigenvalue weighted by molar-refractivity contribution is 0.0921. The molecule has 4 rings (SSSR count). The lowest BCUT2D eigenvalue weighted by Gasteiger charge is -2.38. The fourth-order valence-corrected chi connectivity index (χ4v) is 5.31. The van der Waals surface area contributed by atoms with Gasteiger partial charge in [0.15, 0.2) is 11.6 Å². The van der Waals surface area contributed by atoms with Crippen LogP contribution in [0.5, 0.6) is 0 Å². The number of carbonyl (C=O) groups is 1. The van der Waals surface area contributed by atoms with Gasteiger partial charge < -0.3 is 5.32 Å². The predicted octanol–water partition coefficient (Wildman–Crippen LogP) is 4.09. The van der Waals surface area contributed by atoms with Gasteiger partial charge in [0.25, 0.3) is 0 Å². The van der Waals surface area contributed by atoms with Crippen LogP contribution in [0.2, 0.25) is 0 Å². The van der Waals surface area contributed by atoms with E-state index >= 15 is 0 Å². The standard InChI is InChI=1S/C20H20N4OS2/c1-14-6-8-20(13-24-14,27-16-5-2-3-9-21-16)18(25)15-7-12-26-17(15)19-22-10-4-11-23-19/h2-5,7,9-12,14,24H,6,8,13H2,1H3/t14-,20-/m1/s1. The minimum Gasteiger partial charge on any atom is -0.312 e. The minimum absolute atomic E-state index is 0.126. The number of carbonyl (C=O) groups excluding carboxylic acids is 1. The van der Waals surface area contributed by atoms with Crippen LogP contribution in [-0.2, 0) is 0 Å². The molecular weight excluding hydrogens is 376 g/mol. The molecule has 1 N–H and O–H groups in total. The zero-order valence-electron chi connectivity index (χ0n) is 15.0. The second kappa shape index (κ2) is 7.88.